The van der Waals surface area contributed by atoms with Crippen LogP contribution in [0.25, 0.3) is 10.1 Å². The van der Waals surface area contributed by atoms with Crippen molar-refractivity contribution >= 4 is 21.4 Å². The third-order valence-corrected chi connectivity index (χ3v) is 3.93. The van der Waals surface area contributed by atoms with Crippen molar-refractivity contribution in [1.29, 1.82) is 0 Å². The first-order valence-corrected chi connectivity index (χ1v) is 7.35. The molecule has 0 spiro atoms. The molecule has 104 valence electrons. The maximum atomic E-state index is 5.65. The predicted molar refractivity (Wildman–Crippen MR) is 81.5 cm³/mol. The molecule has 0 N–H and O–H groups in total. The smallest absolute Gasteiger partial charge is 0.123 e. The summed E-state index contributed by atoms with van der Waals surface area (Å²) in [5, 5.41) is 3.40. The van der Waals surface area contributed by atoms with Crippen LogP contribution in [-0.2, 0) is 11.2 Å². The number of nitrogens with zero attached hydrogens (tertiary/aromatic N) is 1. The molecule has 0 aliphatic carbocycles. The standard InChI is InChI=1S/C15H21NO2S/c1-16(2)6-8-18-7-4-12-10-13-5-9-19-15(13)11-14(12)17-3/h5,9-11H,4,6-8H2,1-3H3. The van der Waals surface area contributed by atoms with Crippen molar-refractivity contribution in [2.75, 3.05) is 41.0 Å². The van der Waals surface area contributed by atoms with Crippen LogP contribution in [0.15, 0.2) is 23.6 Å². The van der Waals surface area contributed by atoms with Gasteiger partial charge in [-0.05, 0) is 55.0 Å². The fourth-order valence-electron chi connectivity index (χ4n) is 1.95. The second-order valence-electron chi connectivity index (χ2n) is 4.79. The summed E-state index contributed by atoms with van der Waals surface area (Å²) >= 11 is 1.74. The van der Waals surface area contributed by atoms with Gasteiger partial charge in [0, 0.05) is 11.2 Å². The number of hydrogen-bond donors (Lipinski definition) is 0. The van der Waals surface area contributed by atoms with Crippen LogP contribution in [0, 0.1) is 0 Å². The van der Waals surface area contributed by atoms with Gasteiger partial charge in [0.2, 0.25) is 0 Å². The second kappa shape index (κ2) is 6.89. The Hall–Kier alpha value is -1.10. The van der Waals surface area contributed by atoms with Crippen LogP contribution < -0.4 is 4.74 Å². The molecule has 0 atom stereocenters. The van der Waals surface area contributed by atoms with Crippen molar-refractivity contribution in [3.05, 3.63) is 29.1 Å². The molecular formula is C15H21NO2S. The number of thiophene rings is 1. The number of hydrogen-bond acceptors (Lipinski definition) is 4. The molecule has 0 radical (unpaired) electrons. The number of benzene rings is 1. The number of rotatable bonds is 7. The quantitative estimate of drug-likeness (QED) is 0.727. The molecule has 19 heavy (non-hydrogen) atoms. The van der Waals surface area contributed by atoms with Gasteiger partial charge in [0.05, 0.1) is 20.3 Å². The molecule has 0 amide bonds. The monoisotopic (exact) mass is 279 g/mol. The summed E-state index contributed by atoms with van der Waals surface area (Å²) in [5.74, 6) is 0.964. The van der Waals surface area contributed by atoms with Crippen LogP contribution >= 0.6 is 11.3 Å². The van der Waals surface area contributed by atoms with Gasteiger partial charge in [-0.15, -0.1) is 11.3 Å². The summed E-state index contributed by atoms with van der Waals surface area (Å²) in [6, 6.07) is 6.48. The first-order valence-electron chi connectivity index (χ1n) is 6.47. The Bertz CT molecular complexity index is 522. The molecule has 4 heteroatoms. The van der Waals surface area contributed by atoms with Crippen molar-refractivity contribution in [2.24, 2.45) is 0 Å². The zero-order chi connectivity index (χ0) is 13.7. The zero-order valence-electron chi connectivity index (χ0n) is 11.8. The van der Waals surface area contributed by atoms with E-state index in [0.717, 1.165) is 31.9 Å². The van der Waals surface area contributed by atoms with E-state index in [9.17, 15) is 0 Å². The van der Waals surface area contributed by atoms with Crippen molar-refractivity contribution in [2.45, 2.75) is 6.42 Å². The fourth-order valence-corrected chi connectivity index (χ4v) is 2.75. The second-order valence-corrected chi connectivity index (χ2v) is 5.74. The minimum atomic E-state index is 0.736. The summed E-state index contributed by atoms with van der Waals surface area (Å²) < 4.78 is 12.4. The van der Waals surface area contributed by atoms with Gasteiger partial charge in [0.25, 0.3) is 0 Å². The third-order valence-electron chi connectivity index (χ3n) is 3.05. The lowest BCUT2D eigenvalue weighted by Gasteiger charge is -2.11. The average Bonchev–Trinajstić information content (AvgIpc) is 2.83. The lowest BCUT2D eigenvalue weighted by molar-refractivity contribution is 0.120. The van der Waals surface area contributed by atoms with Crippen molar-refractivity contribution in [3.63, 3.8) is 0 Å². The Labute approximate surface area is 118 Å². The van der Waals surface area contributed by atoms with E-state index < -0.39 is 0 Å². The van der Waals surface area contributed by atoms with Gasteiger partial charge in [-0.1, -0.05) is 0 Å². The topological polar surface area (TPSA) is 21.7 Å². The molecular weight excluding hydrogens is 258 g/mol. The zero-order valence-corrected chi connectivity index (χ0v) is 12.6. The normalized spacial score (nSPS) is 11.4. The predicted octanol–water partition coefficient (Wildman–Crippen LogP) is 3.03. The van der Waals surface area contributed by atoms with E-state index in [1.54, 1.807) is 18.4 Å². The number of fused-ring (bicyclic) bond motifs is 1. The summed E-state index contributed by atoms with van der Waals surface area (Å²) in [5.41, 5.74) is 1.22. The largest absolute Gasteiger partial charge is 0.496 e. The molecule has 0 bridgehead atoms. The molecule has 0 saturated heterocycles. The Balaban J connectivity index is 1.95. The molecule has 1 heterocycles. The molecule has 1 aromatic heterocycles. The molecule has 0 unspecified atom stereocenters. The lowest BCUT2D eigenvalue weighted by Crippen LogP contribution is -2.18. The first-order chi connectivity index (χ1) is 9.20. The highest BCUT2D eigenvalue weighted by Gasteiger charge is 2.06. The van der Waals surface area contributed by atoms with Crippen molar-refractivity contribution in [3.8, 4) is 5.75 Å². The Kier molecular flexibility index (Phi) is 5.19. The lowest BCUT2D eigenvalue weighted by atomic mass is 10.1. The van der Waals surface area contributed by atoms with E-state index in [1.165, 1.54) is 15.6 Å². The van der Waals surface area contributed by atoms with E-state index in [0.29, 0.717) is 0 Å². The SMILES string of the molecule is COc1cc2sccc2cc1CCOCCN(C)C. The maximum Gasteiger partial charge on any atom is 0.123 e. The van der Waals surface area contributed by atoms with E-state index in [1.807, 2.05) is 0 Å². The summed E-state index contributed by atoms with van der Waals surface area (Å²) in [4.78, 5) is 2.12. The summed E-state index contributed by atoms with van der Waals surface area (Å²) in [6.45, 7) is 2.47. The van der Waals surface area contributed by atoms with Crippen LogP contribution in [0.4, 0.5) is 0 Å². The van der Waals surface area contributed by atoms with Gasteiger partial charge in [-0.2, -0.15) is 0 Å². The maximum absolute atomic E-state index is 5.65. The minimum absolute atomic E-state index is 0.736. The average molecular weight is 279 g/mol. The molecule has 0 aliphatic rings. The number of ether oxygens (including phenoxy) is 2. The highest BCUT2D eigenvalue weighted by Crippen LogP contribution is 2.29. The van der Waals surface area contributed by atoms with Crippen LogP contribution in [0.3, 0.4) is 0 Å². The summed E-state index contributed by atoms with van der Waals surface area (Å²) in [7, 11) is 5.83. The molecule has 0 fully saturated rings. The highest BCUT2D eigenvalue weighted by atomic mass is 32.1. The molecule has 3 nitrogen and oxygen atoms in total. The van der Waals surface area contributed by atoms with Crippen LogP contribution in [0.1, 0.15) is 5.56 Å². The van der Waals surface area contributed by atoms with E-state index in [4.69, 9.17) is 9.47 Å². The molecule has 0 saturated carbocycles. The Morgan fingerprint density at radius 1 is 1.21 bits per heavy atom. The van der Waals surface area contributed by atoms with Crippen LogP contribution in [0.2, 0.25) is 0 Å². The van der Waals surface area contributed by atoms with Gasteiger partial charge in [0.15, 0.2) is 0 Å². The van der Waals surface area contributed by atoms with Crippen LogP contribution in [0.5, 0.6) is 5.75 Å². The molecule has 1 aromatic carbocycles. The van der Waals surface area contributed by atoms with Crippen molar-refractivity contribution in [1.82, 2.24) is 4.90 Å². The van der Waals surface area contributed by atoms with Gasteiger partial charge in [-0.3, -0.25) is 0 Å². The fraction of sp³-hybridized carbons (Fsp3) is 0.467. The number of methoxy groups -OCH3 is 1. The molecule has 0 aliphatic heterocycles. The van der Waals surface area contributed by atoms with Gasteiger partial charge >= 0.3 is 0 Å². The molecule has 2 aromatic rings. The minimum Gasteiger partial charge on any atom is -0.496 e. The van der Waals surface area contributed by atoms with E-state index >= 15 is 0 Å². The Morgan fingerprint density at radius 3 is 2.79 bits per heavy atom. The third kappa shape index (κ3) is 3.93. The van der Waals surface area contributed by atoms with Gasteiger partial charge in [0.1, 0.15) is 5.75 Å². The highest BCUT2D eigenvalue weighted by molar-refractivity contribution is 7.17. The molecule has 2 rings (SSSR count). The van der Waals surface area contributed by atoms with E-state index in [-0.39, 0.29) is 0 Å². The Morgan fingerprint density at radius 2 is 2.05 bits per heavy atom. The van der Waals surface area contributed by atoms with Crippen molar-refractivity contribution < 1.29 is 9.47 Å². The van der Waals surface area contributed by atoms with E-state index in [2.05, 4.69) is 42.6 Å². The van der Waals surface area contributed by atoms with Gasteiger partial charge < -0.3 is 14.4 Å². The first kappa shape index (κ1) is 14.3. The van der Waals surface area contributed by atoms with Crippen LogP contribution in [-0.4, -0.2) is 45.9 Å². The number of likely N-dealkylation sites (N-methyl/N-ethyl adjacent to an activating group) is 1. The summed E-state index contributed by atoms with van der Waals surface area (Å²) in [6.07, 6.45) is 0.891. The van der Waals surface area contributed by atoms with Gasteiger partial charge in [-0.25, -0.2) is 0 Å².